The van der Waals surface area contributed by atoms with Gasteiger partial charge in [-0.3, -0.25) is 4.79 Å². The van der Waals surface area contributed by atoms with Crippen molar-refractivity contribution in [2.45, 2.75) is 25.6 Å². The van der Waals surface area contributed by atoms with Crippen molar-refractivity contribution >= 4 is 31.2 Å². The molecular formula is C19H22N2O3PS+. The lowest BCUT2D eigenvalue weighted by atomic mass is 10.2. The highest BCUT2D eigenvalue weighted by Crippen LogP contribution is 2.45. The van der Waals surface area contributed by atoms with E-state index in [1.54, 1.807) is 59.5 Å². The molecule has 0 fully saturated rings. The molecule has 5 nitrogen and oxygen atoms in total. The van der Waals surface area contributed by atoms with E-state index in [0.717, 1.165) is 18.3 Å². The van der Waals surface area contributed by atoms with E-state index in [1.165, 1.54) is 0 Å². The van der Waals surface area contributed by atoms with Crippen molar-refractivity contribution in [3.8, 4) is 11.5 Å². The van der Waals surface area contributed by atoms with Crippen molar-refractivity contribution in [2.24, 2.45) is 5.10 Å². The van der Waals surface area contributed by atoms with Gasteiger partial charge in [-0.2, -0.15) is 0 Å². The van der Waals surface area contributed by atoms with Gasteiger partial charge in [0.1, 0.15) is 17.8 Å². The lowest BCUT2D eigenvalue weighted by Crippen LogP contribution is -2.30. The molecular weight excluding hydrogens is 367 g/mol. The number of aldehydes is 1. The number of nitrogens with zero attached hydrogens (tertiary/aromatic N) is 2. The van der Waals surface area contributed by atoms with Crippen LogP contribution in [0.2, 0.25) is 0 Å². The molecule has 0 heterocycles. The number of phenolic OH excluding ortho intramolecular Hbond substituents is 1. The number of carbonyl (C=O) groups excluding carboxylic acids is 1. The summed E-state index contributed by atoms with van der Waals surface area (Å²) in [6, 6.07) is 13.8. The quantitative estimate of drug-likeness (QED) is 0.311. The molecule has 2 unspecified atom stereocenters. The van der Waals surface area contributed by atoms with Gasteiger partial charge in [-0.1, -0.05) is 6.92 Å². The molecule has 1 N–H and O–H groups in total. The molecule has 0 radical (unpaired) electrons. The van der Waals surface area contributed by atoms with E-state index in [-0.39, 0.29) is 5.75 Å². The van der Waals surface area contributed by atoms with E-state index >= 15 is 0 Å². The van der Waals surface area contributed by atoms with Gasteiger partial charge in [0, 0.05) is 18.9 Å². The average Bonchev–Trinajstić information content (AvgIpc) is 2.67. The number of rotatable bonds is 8. The van der Waals surface area contributed by atoms with E-state index < -0.39 is 12.2 Å². The topological polar surface area (TPSA) is 62.1 Å². The molecule has 2 atom stereocenters. The monoisotopic (exact) mass is 389 g/mol. The second kappa shape index (κ2) is 8.88. The maximum absolute atomic E-state index is 10.8. The molecule has 2 aromatic carbocycles. The smallest absolute Gasteiger partial charge is 0.358 e. The van der Waals surface area contributed by atoms with Crippen LogP contribution in [0.5, 0.6) is 11.5 Å². The van der Waals surface area contributed by atoms with Gasteiger partial charge in [-0.05, 0) is 54.1 Å². The fourth-order valence-corrected chi connectivity index (χ4v) is 4.02. The molecule has 0 bridgehead atoms. The van der Waals surface area contributed by atoms with E-state index in [4.69, 9.17) is 16.5 Å². The first-order chi connectivity index (χ1) is 12.4. The molecule has 7 heteroatoms. The largest absolute Gasteiger partial charge is 0.508 e. The van der Waals surface area contributed by atoms with Crippen molar-refractivity contribution < 1.29 is 14.6 Å². The summed E-state index contributed by atoms with van der Waals surface area (Å²) in [4.78, 5) is 10.8. The molecule has 0 saturated carbocycles. The third-order valence-corrected chi connectivity index (χ3v) is 7.66. The summed E-state index contributed by atoms with van der Waals surface area (Å²) >= 11 is 5.73. The minimum atomic E-state index is -1.15. The Morgan fingerprint density at radius 3 is 2.31 bits per heavy atom. The lowest BCUT2D eigenvalue weighted by molar-refractivity contribution is 0.112. The Labute approximate surface area is 159 Å². The Hall–Kier alpha value is -2.30. The Morgan fingerprint density at radius 1 is 1.19 bits per heavy atom. The Balaban J connectivity index is 2.11. The van der Waals surface area contributed by atoms with E-state index in [1.807, 2.05) is 20.9 Å². The van der Waals surface area contributed by atoms with Crippen LogP contribution in [-0.2, 0) is 11.8 Å². The first-order valence-electron chi connectivity index (χ1n) is 8.16. The summed E-state index contributed by atoms with van der Waals surface area (Å²) in [5.41, 5.74) is 1.48. The van der Waals surface area contributed by atoms with Crippen molar-refractivity contribution in [1.82, 2.24) is 4.78 Å². The zero-order valence-corrected chi connectivity index (χ0v) is 16.7. The summed E-state index contributed by atoms with van der Waals surface area (Å²) in [6.07, 6.45) is 3.22. The molecule has 0 saturated heterocycles. The highest BCUT2D eigenvalue weighted by atomic mass is 32.4. The van der Waals surface area contributed by atoms with E-state index in [9.17, 15) is 9.90 Å². The fraction of sp³-hybridized carbons (Fsp3) is 0.263. The van der Waals surface area contributed by atoms with Crippen LogP contribution in [0.25, 0.3) is 0 Å². The number of hydrazone groups is 1. The fourth-order valence-electron chi connectivity index (χ4n) is 2.18. The number of hydrogen-bond donors (Lipinski definition) is 1. The maximum Gasteiger partial charge on any atom is 0.358 e. The molecule has 136 valence electrons. The molecule has 0 aliphatic carbocycles. The predicted molar refractivity (Wildman–Crippen MR) is 109 cm³/mol. The van der Waals surface area contributed by atoms with Gasteiger partial charge in [-0.15, -0.1) is 9.88 Å². The van der Waals surface area contributed by atoms with Gasteiger partial charge < -0.3 is 9.84 Å². The molecule has 0 aliphatic heterocycles. The van der Waals surface area contributed by atoms with Crippen molar-refractivity contribution in [3.63, 3.8) is 0 Å². The standard InChI is InChI=1S/C19H21N2O3PS/c1-4-19(2,24-18-11-7-16(14-22)8-12-18)25(26)21(3)20-13-15-5-9-17(23)10-6-15/h5-14H,4H2,1-3H3/p+1. The van der Waals surface area contributed by atoms with Gasteiger partial charge in [0.15, 0.2) is 11.8 Å². The number of aromatic hydroxyl groups is 1. The normalized spacial score (nSPS) is 13.9. The molecule has 0 amide bonds. The first kappa shape index (κ1) is 20.0. The van der Waals surface area contributed by atoms with Gasteiger partial charge in [0.05, 0.1) is 13.3 Å². The summed E-state index contributed by atoms with van der Waals surface area (Å²) in [5, 5.41) is 13.2. The van der Waals surface area contributed by atoms with Crippen molar-refractivity contribution in [3.05, 3.63) is 59.7 Å². The van der Waals surface area contributed by atoms with Gasteiger partial charge in [-0.25, -0.2) is 0 Å². The second-order valence-electron chi connectivity index (χ2n) is 5.92. The molecule has 0 aliphatic rings. The first-order valence-corrected chi connectivity index (χ1v) is 10.5. The Kier molecular flexibility index (Phi) is 6.83. The van der Waals surface area contributed by atoms with Crippen LogP contribution in [0, 0.1) is 0 Å². The van der Waals surface area contributed by atoms with Crippen molar-refractivity contribution in [1.29, 1.82) is 0 Å². The van der Waals surface area contributed by atoms with Gasteiger partial charge >= 0.3 is 6.85 Å². The summed E-state index contributed by atoms with van der Waals surface area (Å²) in [5.74, 6) is 0.891. The molecule has 0 aromatic heterocycles. The van der Waals surface area contributed by atoms with E-state index in [0.29, 0.717) is 11.3 Å². The molecule has 2 aromatic rings. The predicted octanol–water partition coefficient (Wildman–Crippen LogP) is 4.53. The van der Waals surface area contributed by atoms with Gasteiger partial charge in [0.2, 0.25) is 0 Å². The highest BCUT2D eigenvalue weighted by molar-refractivity contribution is 8.04. The van der Waals surface area contributed by atoms with Crippen LogP contribution in [-0.4, -0.2) is 34.8 Å². The third-order valence-electron chi connectivity index (χ3n) is 3.94. The highest BCUT2D eigenvalue weighted by Gasteiger charge is 2.44. The number of hydrogen-bond acceptors (Lipinski definition) is 5. The zero-order valence-electron chi connectivity index (χ0n) is 15.0. The molecule has 0 spiro atoms. The van der Waals surface area contributed by atoms with Crippen LogP contribution in [0.15, 0.2) is 53.6 Å². The van der Waals surface area contributed by atoms with Crippen LogP contribution in [0.4, 0.5) is 0 Å². The Bertz CT molecular complexity index is 793. The van der Waals surface area contributed by atoms with Gasteiger partial charge in [0.25, 0.3) is 5.34 Å². The van der Waals surface area contributed by atoms with Crippen LogP contribution < -0.4 is 4.74 Å². The molecule has 26 heavy (non-hydrogen) atoms. The van der Waals surface area contributed by atoms with Crippen LogP contribution in [0.1, 0.15) is 36.2 Å². The van der Waals surface area contributed by atoms with Crippen LogP contribution >= 0.6 is 6.85 Å². The molecule has 2 rings (SSSR count). The lowest BCUT2D eigenvalue weighted by Gasteiger charge is -2.23. The number of phenols is 1. The summed E-state index contributed by atoms with van der Waals surface area (Å²) < 4.78 is 7.91. The SMILES string of the molecule is CCC(C)(Oc1ccc(C=O)cc1)[P+](=S)N(C)/N=C/c1ccc(O)cc1. The number of carbonyl (C=O) groups is 1. The second-order valence-corrected chi connectivity index (χ2v) is 9.02. The van der Waals surface area contributed by atoms with Crippen molar-refractivity contribution in [2.75, 3.05) is 7.05 Å². The third kappa shape index (κ3) is 5.10. The minimum Gasteiger partial charge on any atom is -0.508 e. The summed E-state index contributed by atoms with van der Waals surface area (Å²) in [6.45, 7) is 2.86. The average molecular weight is 389 g/mol. The van der Waals surface area contributed by atoms with E-state index in [2.05, 4.69) is 5.10 Å². The zero-order chi connectivity index (χ0) is 19.2. The minimum absolute atomic E-state index is 0.216. The maximum atomic E-state index is 10.8. The number of ether oxygens (including phenoxy) is 1. The van der Waals surface area contributed by atoms with Crippen LogP contribution in [0.3, 0.4) is 0 Å². The summed E-state index contributed by atoms with van der Waals surface area (Å²) in [7, 11) is 1.84. The number of benzene rings is 2. The Morgan fingerprint density at radius 2 is 1.77 bits per heavy atom.